The van der Waals surface area contributed by atoms with E-state index < -0.39 is 0 Å². The van der Waals surface area contributed by atoms with Gasteiger partial charge in [-0.2, -0.15) is 5.26 Å². The van der Waals surface area contributed by atoms with Gasteiger partial charge in [-0.15, -0.1) is 0 Å². The summed E-state index contributed by atoms with van der Waals surface area (Å²) in [7, 11) is 0. The van der Waals surface area contributed by atoms with Gasteiger partial charge in [-0.3, -0.25) is 9.59 Å². The Balaban J connectivity index is 0.00000172. The molecule has 2 aromatic carbocycles. The van der Waals surface area contributed by atoms with Gasteiger partial charge in [-0.25, -0.2) is 4.98 Å². The number of nitriles is 1. The summed E-state index contributed by atoms with van der Waals surface area (Å²) < 4.78 is 6.43. The van der Waals surface area contributed by atoms with Crippen LogP contribution in [-0.2, 0) is 0 Å². The Bertz CT molecular complexity index is 1590. The van der Waals surface area contributed by atoms with Gasteiger partial charge in [0.2, 0.25) is 0 Å². The average molecular weight is 523 g/mol. The molecule has 4 aromatic rings. The fraction of sp³-hybridized carbons (Fsp3) is 0.312. The highest BCUT2D eigenvalue weighted by Crippen LogP contribution is 2.32. The molecular weight excluding hydrogens is 488 g/mol. The van der Waals surface area contributed by atoms with Crippen molar-refractivity contribution in [2.45, 2.75) is 47.1 Å². The van der Waals surface area contributed by atoms with Crippen LogP contribution in [0.4, 0.5) is 5.69 Å². The summed E-state index contributed by atoms with van der Waals surface area (Å²) in [6.07, 6.45) is 2.27. The molecule has 2 aromatic heterocycles. The van der Waals surface area contributed by atoms with Crippen molar-refractivity contribution in [2.75, 3.05) is 18.4 Å². The van der Waals surface area contributed by atoms with Crippen molar-refractivity contribution in [3.05, 3.63) is 93.4 Å². The number of benzene rings is 2. The second-order valence-corrected chi connectivity index (χ2v) is 9.61. The number of carbonyl (C=O) groups excluding carboxylic acids is 1. The average Bonchev–Trinajstić information content (AvgIpc) is 3.46. The molecule has 200 valence electrons. The van der Waals surface area contributed by atoms with E-state index in [1.165, 1.54) is 0 Å². The highest BCUT2D eigenvalue weighted by molar-refractivity contribution is 5.98. The van der Waals surface area contributed by atoms with Gasteiger partial charge < -0.3 is 14.6 Å². The molecule has 1 fully saturated rings. The summed E-state index contributed by atoms with van der Waals surface area (Å²) >= 11 is 0. The Morgan fingerprint density at radius 1 is 1.15 bits per heavy atom. The third kappa shape index (κ3) is 5.56. The fourth-order valence-electron chi connectivity index (χ4n) is 4.96. The van der Waals surface area contributed by atoms with Crippen LogP contribution in [0, 0.1) is 31.1 Å². The van der Waals surface area contributed by atoms with Gasteiger partial charge >= 0.3 is 0 Å². The summed E-state index contributed by atoms with van der Waals surface area (Å²) in [5, 5.41) is 13.2. The lowest BCUT2D eigenvalue weighted by Crippen LogP contribution is -2.30. The molecule has 0 bridgehead atoms. The van der Waals surface area contributed by atoms with Crippen LogP contribution in [0.25, 0.3) is 22.3 Å². The van der Waals surface area contributed by atoms with E-state index in [9.17, 15) is 14.9 Å². The molecule has 7 heteroatoms. The smallest absolute Gasteiger partial charge is 0.274 e. The Kier molecular flexibility index (Phi) is 8.46. The number of anilines is 1. The lowest BCUT2D eigenvalue weighted by atomic mass is 9.98. The molecule has 1 amide bonds. The van der Waals surface area contributed by atoms with E-state index in [-0.39, 0.29) is 23.3 Å². The van der Waals surface area contributed by atoms with E-state index >= 15 is 0 Å². The van der Waals surface area contributed by atoms with Gasteiger partial charge in [0.05, 0.1) is 29.1 Å². The van der Waals surface area contributed by atoms with E-state index in [0.29, 0.717) is 53.2 Å². The summed E-state index contributed by atoms with van der Waals surface area (Å²) in [5.74, 6) is 0.205. The molecule has 3 heterocycles. The van der Waals surface area contributed by atoms with Crippen molar-refractivity contribution in [1.29, 1.82) is 5.26 Å². The van der Waals surface area contributed by atoms with Gasteiger partial charge in [0.1, 0.15) is 11.3 Å². The number of fused-ring (bicyclic) bond motifs is 1. The van der Waals surface area contributed by atoms with Crippen LogP contribution >= 0.6 is 0 Å². The predicted molar refractivity (Wildman–Crippen MR) is 155 cm³/mol. The van der Waals surface area contributed by atoms with E-state index in [1.54, 1.807) is 24.1 Å². The SMILES string of the molecule is CC.Cc1cc(C(C)Nc2cccnc2C(=O)N2CCC(C#N)C2)c2oc(-c3ccccc3)c(C)c(=O)c2c1. The van der Waals surface area contributed by atoms with E-state index in [1.807, 2.05) is 76.2 Å². The number of likely N-dealkylation sites (tertiary alicyclic amines) is 1. The highest BCUT2D eigenvalue weighted by Gasteiger charge is 2.29. The number of aryl methyl sites for hydroxylation is 1. The summed E-state index contributed by atoms with van der Waals surface area (Å²) in [6.45, 7) is 10.7. The second kappa shape index (κ2) is 12.0. The molecule has 39 heavy (non-hydrogen) atoms. The first-order chi connectivity index (χ1) is 18.9. The standard InChI is InChI=1S/C30H28N4O3.C2H6/c1-18-14-23(29-24(15-18)27(35)19(2)28(37-29)22-8-5-4-6-9-22)20(3)33-25-10-7-12-32-26(25)30(36)34-13-11-21(16-31)17-34;1-2/h4-10,12,14-15,20-21,33H,11,13,17H2,1-3H3;1-2H3. The molecule has 0 aliphatic carbocycles. The summed E-state index contributed by atoms with van der Waals surface area (Å²) in [5.41, 5.74) is 4.53. The Morgan fingerprint density at radius 2 is 1.90 bits per heavy atom. The highest BCUT2D eigenvalue weighted by atomic mass is 16.3. The predicted octanol–water partition coefficient (Wildman–Crippen LogP) is 6.66. The molecule has 1 N–H and O–H groups in total. The summed E-state index contributed by atoms with van der Waals surface area (Å²) in [4.78, 5) is 32.7. The number of nitrogens with one attached hydrogen (secondary N) is 1. The molecule has 0 radical (unpaired) electrons. The van der Waals surface area contributed by atoms with Gasteiger partial charge in [0, 0.05) is 36.0 Å². The molecule has 1 saturated heterocycles. The van der Waals surface area contributed by atoms with Crippen LogP contribution < -0.4 is 10.7 Å². The third-order valence-corrected chi connectivity index (χ3v) is 6.93. The van der Waals surface area contributed by atoms with E-state index in [4.69, 9.17) is 4.42 Å². The normalized spacial score (nSPS) is 15.3. The molecular formula is C32H34N4O3. The van der Waals surface area contributed by atoms with Crippen molar-refractivity contribution in [1.82, 2.24) is 9.88 Å². The number of carbonyl (C=O) groups is 1. The number of amides is 1. The van der Waals surface area contributed by atoms with Crippen LogP contribution in [0.2, 0.25) is 0 Å². The van der Waals surface area contributed by atoms with Gasteiger partial charge in [0.25, 0.3) is 5.91 Å². The van der Waals surface area contributed by atoms with Crippen LogP contribution in [0.15, 0.2) is 70.0 Å². The Labute approximate surface area is 229 Å². The molecule has 0 spiro atoms. The van der Waals surface area contributed by atoms with Crippen LogP contribution in [0.5, 0.6) is 0 Å². The minimum absolute atomic E-state index is 0.0596. The summed E-state index contributed by atoms with van der Waals surface area (Å²) in [6, 6.07) is 19.0. The molecule has 0 saturated carbocycles. The lowest BCUT2D eigenvalue weighted by Gasteiger charge is -2.21. The van der Waals surface area contributed by atoms with Crippen molar-refractivity contribution in [3.63, 3.8) is 0 Å². The lowest BCUT2D eigenvalue weighted by molar-refractivity contribution is 0.0785. The van der Waals surface area contributed by atoms with Crippen molar-refractivity contribution >= 4 is 22.6 Å². The molecule has 2 unspecified atom stereocenters. The van der Waals surface area contributed by atoms with Gasteiger partial charge in [0.15, 0.2) is 11.1 Å². The zero-order chi connectivity index (χ0) is 28.1. The number of aromatic nitrogens is 1. The maximum atomic E-state index is 13.4. The first kappa shape index (κ1) is 27.6. The number of nitrogens with zero attached hydrogens (tertiary/aromatic N) is 3. The monoisotopic (exact) mass is 522 g/mol. The minimum atomic E-state index is -0.293. The van der Waals surface area contributed by atoms with E-state index in [2.05, 4.69) is 16.4 Å². The molecule has 7 nitrogen and oxygen atoms in total. The van der Waals surface area contributed by atoms with Crippen molar-refractivity contribution in [2.24, 2.45) is 5.92 Å². The fourth-order valence-corrected chi connectivity index (χ4v) is 4.96. The minimum Gasteiger partial charge on any atom is -0.455 e. The topological polar surface area (TPSA) is 99.2 Å². The first-order valence-electron chi connectivity index (χ1n) is 13.4. The number of pyridine rings is 1. The van der Waals surface area contributed by atoms with Crippen LogP contribution in [0.1, 0.15) is 60.4 Å². The first-order valence-corrected chi connectivity index (χ1v) is 13.4. The zero-order valence-corrected chi connectivity index (χ0v) is 23.1. The number of hydrogen-bond donors (Lipinski definition) is 1. The van der Waals surface area contributed by atoms with Gasteiger partial charge in [-0.1, -0.05) is 50.2 Å². The van der Waals surface area contributed by atoms with Crippen LogP contribution in [0.3, 0.4) is 0 Å². The number of rotatable bonds is 5. The molecule has 5 rings (SSSR count). The quantitative estimate of drug-likeness (QED) is 0.315. The van der Waals surface area contributed by atoms with Crippen molar-refractivity contribution < 1.29 is 9.21 Å². The maximum Gasteiger partial charge on any atom is 0.274 e. The molecule has 1 aliphatic rings. The van der Waals surface area contributed by atoms with Gasteiger partial charge in [-0.05, 0) is 51.0 Å². The molecule has 1 aliphatic heterocycles. The second-order valence-electron chi connectivity index (χ2n) is 9.61. The molecule has 2 atom stereocenters. The van der Waals surface area contributed by atoms with Crippen LogP contribution in [-0.4, -0.2) is 28.9 Å². The third-order valence-electron chi connectivity index (χ3n) is 6.93. The largest absolute Gasteiger partial charge is 0.455 e. The Morgan fingerprint density at radius 3 is 2.59 bits per heavy atom. The maximum absolute atomic E-state index is 13.4. The number of hydrogen-bond acceptors (Lipinski definition) is 6. The van der Waals surface area contributed by atoms with Crippen molar-refractivity contribution in [3.8, 4) is 17.4 Å². The Hall–Kier alpha value is -4.44. The zero-order valence-electron chi connectivity index (χ0n) is 23.1. The van der Waals surface area contributed by atoms with E-state index in [0.717, 1.165) is 16.7 Å².